The van der Waals surface area contributed by atoms with Crippen LogP contribution in [0, 0.1) is 0 Å². The molecule has 0 aliphatic rings. The van der Waals surface area contributed by atoms with Gasteiger partial charge in [-0.3, -0.25) is 0 Å². The van der Waals surface area contributed by atoms with Crippen molar-refractivity contribution >= 4 is 27.3 Å². The minimum Gasteiger partial charge on any atom is -0.394 e. The summed E-state index contributed by atoms with van der Waals surface area (Å²) >= 11 is 5.03. The molecule has 14 heavy (non-hydrogen) atoms. The maximum absolute atomic E-state index is 9.18. The van der Waals surface area contributed by atoms with Crippen LogP contribution >= 0.6 is 27.3 Å². The van der Waals surface area contributed by atoms with Crippen molar-refractivity contribution in [1.29, 1.82) is 0 Å². The molecule has 0 saturated heterocycles. The molecular formula is C9H14BrNO2S. The van der Waals surface area contributed by atoms with Crippen molar-refractivity contribution in [3.05, 3.63) is 20.8 Å². The Morgan fingerprint density at radius 3 is 2.93 bits per heavy atom. The maximum Gasteiger partial charge on any atom is 0.0702 e. The minimum absolute atomic E-state index is 0.0152. The highest BCUT2D eigenvalue weighted by atomic mass is 79.9. The quantitative estimate of drug-likeness (QED) is 0.780. The summed E-state index contributed by atoms with van der Waals surface area (Å²) in [6, 6.07) is 4.01. The maximum atomic E-state index is 9.18. The zero-order valence-corrected chi connectivity index (χ0v) is 10.4. The van der Waals surface area contributed by atoms with Crippen LogP contribution < -0.4 is 5.32 Å². The number of hydrogen-bond acceptors (Lipinski definition) is 4. The third kappa shape index (κ3) is 3.67. The number of rotatable bonds is 6. The molecule has 5 heteroatoms. The van der Waals surface area contributed by atoms with Crippen molar-refractivity contribution in [3.63, 3.8) is 0 Å². The van der Waals surface area contributed by atoms with Crippen LogP contribution in [-0.4, -0.2) is 32.0 Å². The Balaban J connectivity index is 2.45. The number of hydrogen-bond donors (Lipinski definition) is 2. The second kappa shape index (κ2) is 6.53. The van der Waals surface area contributed by atoms with Crippen LogP contribution in [0.1, 0.15) is 10.9 Å². The van der Waals surface area contributed by atoms with Crippen LogP contribution in [0.2, 0.25) is 0 Å². The normalized spacial score (nSPS) is 13.1. The van der Waals surface area contributed by atoms with E-state index in [0.29, 0.717) is 6.61 Å². The summed E-state index contributed by atoms with van der Waals surface area (Å²) in [5, 5.41) is 12.4. The topological polar surface area (TPSA) is 41.5 Å². The summed E-state index contributed by atoms with van der Waals surface area (Å²) in [4.78, 5) is 1.13. The molecule has 0 aromatic carbocycles. The number of ether oxygens (including phenoxy) is 1. The van der Waals surface area contributed by atoms with Crippen LogP contribution in [0.4, 0.5) is 0 Å². The van der Waals surface area contributed by atoms with E-state index in [1.165, 1.54) is 0 Å². The SMILES string of the molecule is COCCNC(CO)c1ccc(Br)s1. The molecule has 1 aromatic rings. The van der Waals surface area contributed by atoms with Crippen molar-refractivity contribution in [2.45, 2.75) is 6.04 Å². The van der Waals surface area contributed by atoms with Gasteiger partial charge in [0.05, 0.1) is 23.0 Å². The number of aliphatic hydroxyl groups is 1. The van der Waals surface area contributed by atoms with Gasteiger partial charge in [0.2, 0.25) is 0 Å². The third-order valence-electron chi connectivity index (χ3n) is 1.82. The van der Waals surface area contributed by atoms with Gasteiger partial charge in [-0.2, -0.15) is 0 Å². The molecule has 0 radical (unpaired) electrons. The summed E-state index contributed by atoms with van der Waals surface area (Å²) in [7, 11) is 1.66. The van der Waals surface area contributed by atoms with Gasteiger partial charge in [0.25, 0.3) is 0 Å². The predicted octanol–water partition coefficient (Wildman–Crippen LogP) is 1.78. The van der Waals surface area contributed by atoms with Crippen molar-refractivity contribution in [2.75, 3.05) is 26.9 Å². The lowest BCUT2D eigenvalue weighted by Crippen LogP contribution is -2.26. The fraction of sp³-hybridized carbons (Fsp3) is 0.556. The Morgan fingerprint density at radius 2 is 2.43 bits per heavy atom. The first kappa shape index (κ1) is 12.1. The smallest absolute Gasteiger partial charge is 0.0702 e. The van der Waals surface area contributed by atoms with Gasteiger partial charge >= 0.3 is 0 Å². The number of thiophene rings is 1. The van der Waals surface area contributed by atoms with Gasteiger partial charge in [0.15, 0.2) is 0 Å². The molecule has 1 aromatic heterocycles. The van der Waals surface area contributed by atoms with Gasteiger partial charge in [-0.15, -0.1) is 11.3 Å². The average molecular weight is 280 g/mol. The summed E-state index contributed by atoms with van der Waals surface area (Å²) in [6.07, 6.45) is 0. The number of halogens is 1. The first-order valence-electron chi connectivity index (χ1n) is 4.36. The molecule has 0 bridgehead atoms. The molecule has 0 spiro atoms. The van der Waals surface area contributed by atoms with Crippen LogP contribution in [-0.2, 0) is 4.74 Å². The monoisotopic (exact) mass is 279 g/mol. The fourth-order valence-corrected chi connectivity index (χ4v) is 2.60. The predicted molar refractivity (Wildman–Crippen MR) is 61.7 cm³/mol. The first-order valence-corrected chi connectivity index (χ1v) is 5.97. The summed E-state index contributed by atoms with van der Waals surface area (Å²) < 4.78 is 6.01. The summed E-state index contributed by atoms with van der Waals surface area (Å²) in [5.74, 6) is 0. The molecule has 0 saturated carbocycles. The third-order valence-corrected chi connectivity index (χ3v) is 3.55. The van der Waals surface area contributed by atoms with Crippen molar-refractivity contribution in [1.82, 2.24) is 5.32 Å². The lowest BCUT2D eigenvalue weighted by Gasteiger charge is -2.13. The Labute approximate surface area is 96.2 Å². The molecule has 0 fully saturated rings. The Hall–Kier alpha value is 0.0600. The zero-order chi connectivity index (χ0) is 10.4. The largest absolute Gasteiger partial charge is 0.394 e. The van der Waals surface area contributed by atoms with Crippen LogP contribution in [0.25, 0.3) is 0 Å². The van der Waals surface area contributed by atoms with Gasteiger partial charge in [-0.1, -0.05) is 0 Å². The highest BCUT2D eigenvalue weighted by molar-refractivity contribution is 9.11. The number of aliphatic hydroxyl groups excluding tert-OH is 1. The van der Waals surface area contributed by atoms with Gasteiger partial charge in [0, 0.05) is 18.5 Å². The molecule has 0 aliphatic carbocycles. The molecule has 0 aliphatic heterocycles. The fourth-order valence-electron chi connectivity index (χ4n) is 1.11. The Bertz CT molecular complexity index is 267. The molecule has 1 unspecified atom stereocenters. The van der Waals surface area contributed by atoms with E-state index in [4.69, 9.17) is 4.74 Å². The molecule has 0 amide bonds. The standard InChI is InChI=1S/C9H14BrNO2S/c1-13-5-4-11-7(6-12)8-2-3-9(10)14-8/h2-3,7,11-12H,4-6H2,1H3. The van der Waals surface area contributed by atoms with Crippen molar-refractivity contribution in [2.24, 2.45) is 0 Å². The molecule has 80 valence electrons. The van der Waals surface area contributed by atoms with E-state index in [0.717, 1.165) is 15.2 Å². The van der Waals surface area contributed by atoms with E-state index < -0.39 is 0 Å². The number of methoxy groups -OCH3 is 1. The van der Waals surface area contributed by atoms with E-state index in [2.05, 4.69) is 21.2 Å². The van der Waals surface area contributed by atoms with Gasteiger partial charge in [-0.25, -0.2) is 0 Å². The van der Waals surface area contributed by atoms with E-state index in [9.17, 15) is 5.11 Å². The molecule has 2 N–H and O–H groups in total. The summed E-state index contributed by atoms with van der Waals surface area (Å²) in [6.45, 7) is 1.51. The second-order valence-corrected chi connectivity index (χ2v) is 5.32. The number of nitrogens with one attached hydrogen (secondary N) is 1. The second-order valence-electron chi connectivity index (χ2n) is 2.82. The average Bonchev–Trinajstić information content (AvgIpc) is 2.60. The molecule has 1 rings (SSSR count). The van der Waals surface area contributed by atoms with E-state index >= 15 is 0 Å². The molecule has 1 atom stereocenters. The van der Waals surface area contributed by atoms with Crippen LogP contribution in [0.15, 0.2) is 15.9 Å². The lowest BCUT2D eigenvalue weighted by atomic mass is 10.2. The van der Waals surface area contributed by atoms with Gasteiger partial charge < -0.3 is 15.2 Å². The van der Waals surface area contributed by atoms with Crippen molar-refractivity contribution < 1.29 is 9.84 Å². The van der Waals surface area contributed by atoms with E-state index in [-0.39, 0.29) is 12.6 Å². The minimum atomic E-state index is 0.0152. The highest BCUT2D eigenvalue weighted by Gasteiger charge is 2.11. The molecule has 3 nitrogen and oxygen atoms in total. The molecule has 1 heterocycles. The van der Waals surface area contributed by atoms with E-state index in [1.54, 1.807) is 18.4 Å². The highest BCUT2D eigenvalue weighted by Crippen LogP contribution is 2.26. The van der Waals surface area contributed by atoms with Gasteiger partial charge in [0.1, 0.15) is 0 Å². The van der Waals surface area contributed by atoms with Crippen LogP contribution in [0.5, 0.6) is 0 Å². The Kier molecular flexibility index (Phi) is 5.66. The zero-order valence-electron chi connectivity index (χ0n) is 8.00. The lowest BCUT2D eigenvalue weighted by molar-refractivity contribution is 0.184. The van der Waals surface area contributed by atoms with Crippen molar-refractivity contribution in [3.8, 4) is 0 Å². The van der Waals surface area contributed by atoms with E-state index in [1.807, 2.05) is 12.1 Å². The first-order chi connectivity index (χ1) is 6.77. The van der Waals surface area contributed by atoms with Crippen LogP contribution in [0.3, 0.4) is 0 Å². The summed E-state index contributed by atoms with van der Waals surface area (Å²) in [5.41, 5.74) is 0. The van der Waals surface area contributed by atoms with Gasteiger partial charge in [-0.05, 0) is 28.1 Å². The Morgan fingerprint density at radius 1 is 1.64 bits per heavy atom. The molecular weight excluding hydrogens is 266 g/mol.